The zero-order valence-electron chi connectivity index (χ0n) is 14.9. The predicted molar refractivity (Wildman–Crippen MR) is 100 cm³/mol. The number of fused-ring (bicyclic) bond motifs is 1. The molecule has 0 bridgehead atoms. The van der Waals surface area contributed by atoms with Gasteiger partial charge in [0, 0.05) is 11.9 Å². The number of pyridine rings is 1. The van der Waals surface area contributed by atoms with Crippen LogP contribution in [0.3, 0.4) is 0 Å². The van der Waals surface area contributed by atoms with Crippen LogP contribution in [0, 0.1) is 5.82 Å². The molecule has 0 aliphatic carbocycles. The second-order valence-corrected chi connectivity index (χ2v) is 6.34. The topological polar surface area (TPSA) is 57.6 Å². The lowest BCUT2D eigenvalue weighted by atomic mass is 10.1. The van der Waals surface area contributed by atoms with E-state index in [1.165, 1.54) is 6.07 Å². The predicted octanol–water partition coefficient (Wildman–Crippen LogP) is 4.32. The molecule has 4 rings (SSSR count). The highest BCUT2D eigenvalue weighted by atomic mass is 19.4. The highest BCUT2D eigenvalue weighted by Crippen LogP contribution is 2.36. The molecule has 148 valence electrons. The van der Waals surface area contributed by atoms with Gasteiger partial charge in [-0.05, 0) is 24.3 Å². The summed E-state index contributed by atoms with van der Waals surface area (Å²) in [5.74, 6) is -1.78. The largest absolute Gasteiger partial charge is 0.418 e. The van der Waals surface area contributed by atoms with Gasteiger partial charge < -0.3 is 5.32 Å². The van der Waals surface area contributed by atoms with E-state index in [0.717, 1.165) is 28.5 Å². The van der Waals surface area contributed by atoms with Crippen molar-refractivity contribution >= 4 is 28.5 Å². The molecule has 0 unspecified atom stereocenters. The molecule has 1 aromatic heterocycles. The van der Waals surface area contributed by atoms with Crippen LogP contribution in [0.25, 0.3) is 10.9 Å². The Kier molecular flexibility index (Phi) is 4.65. The van der Waals surface area contributed by atoms with E-state index in [-0.39, 0.29) is 24.7 Å². The van der Waals surface area contributed by atoms with E-state index in [1.54, 1.807) is 18.2 Å². The number of aromatic nitrogens is 1. The average molecular weight is 402 g/mol. The molecule has 1 amide bonds. The van der Waals surface area contributed by atoms with Crippen molar-refractivity contribution in [3.63, 3.8) is 0 Å². The number of carbonyl (C=O) groups excluding carboxylic acids is 1. The first kappa shape index (κ1) is 18.9. The number of hydrogen-bond donors (Lipinski definition) is 1. The monoisotopic (exact) mass is 402 g/mol. The maximum absolute atomic E-state index is 14.1. The summed E-state index contributed by atoms with van der Waals surface area (Å²) in [4.78, 5) is 22.4. The maximum Gasteiger partial charge on any atom is 0.418 e. The number of nitrogens with one attached hydrogen (secondary N) is 1. The van der Waals surface area contributed by atoms with Gasteiger partial charge in [0.05, 0.1) is 23.3 Å². The molecule has 29 heavy (non-hydrogen) atoms. The Morgan fingerprint density at radius 3 is 2.62 bits per heavy atom. The number of benzene rings is 2. The molecule has 1 aliphatic heterocycles. The SMILES string of the molecule is O=C(c1ccc2ccccc2n1)N1CCN=C1Nc1c(F)cccc1C(F)(F)F. The number of hydrogen-bond acceptors (Lipinski definition) is 4. The van der Waals surface area contributed by atoms with Crippen LogP contribution in [0.4, 0.5) is 23.2 Å². The molecule has 0 atom stereocenters. The number of para-hydroxylation sites is 2. The van der Waals surface area contributed by atoms with Gasteiger partial charge in [0.1, 0.15) is 11.5 Å². The Labute approximate surface area is 162 Å². The van der Waals surface area contributed by atoms with E-state index in [9.17, 15) is 22.4 Å². The number of amides is 1. The first-order valence-corrected chi connectivity index (χ1v) is 8.69. The van der Waals surface area contributed by atoms with Crippen LogP contribution in [-0.2, 0) is 6.18 Å². The molecule has 3 aromatic rings. The van der Waals surface area contributed by atoms with Crippen LogP contribution in [0.2, 0.25) is 0 Å². The zero-order valence-corrected chi connectivity index (χ0v) is 14.9. The highest BCUT2D eigenvalue weighted by Gasteiger charge is 2.36. The number of rotatable bonds is 2. The van der Waals surface area contributed by atoms with Crippen LogP contribution in [0.15, 0.2) is 59.6 Å². The Morgan fingerprint density at radius 2 is 1.83 bits per heavy atom. The smallest absolute Gasteiger partial charge is 0.323 e. The minimum absolute atomic E-state index is 0.115. The summed E-state index contributed by atoms with van der Waals surface area (Å²) >= 11 is 0. The first-order valence-electron chi connectivity index (χ1n) is 8.69. The van der Waals surface area contributed by atoms with Crippen molar-refractivity contribution in [2.45, 2.75) is 6.18 Å². The van der Waals surface area contributed by atoms with Crippen LogP contribution >= 0.6 is 0 Å². The van der Waals surface area contributed by atoms with Gasteiger partial charge in [0.2, 0.25) is 5.96 Å². The molecule has 0 saturated heterocycles. The zero-order chi connectivity index (χ0) is 20.6. The molecule has 2 aromatic carbocycles. The fraction of sp³-hybridized carbons (Fsp3) is 0.150. The first-order chi connectivity index (χ1) is 13.8. The number of alkyl halides is 3. The molecule has 9 heteroatoms. The fourth-order valence-corrected chi connectivity index (χ4v) is 3.07. The second-order valence-electron chi connectivity index (χ2n) is 6.34. The van der Waals surface area contributed by atoms with Gasteiger partial charge in [-0.1, -0.05) is 30.3 Å². The van der Waals surface area contributed by atoms with E-state index in [4.69, 9.17) is 0 Å². The minimum Gasteiger partial charge on any atom is -0.323 e. The summed E-state index contributed by atoms with van der Waals surface area (Å²) in [6, 6.07) is 13.1. The molecule has 5 nitrogen and oxygen atoms in total. The molecule has 1 aliphatic rings. The molecule has 0 spiro atoms. The number of halogens is 4. The lowest BCUT2D eigenvalue weighted by Crippen LogP contribution is -2.39. The van der Waals surface area contributed by atoms with Crippen molar-refractivity contribution < 1.29 is 22.4 Å². The third-order valence-corrected chi connectivity index (χ3v) is 4.46. The van der Waals surface area contributed by atoms with Gasteiger partial charge in [-0.2, -0.15) is 13.2 Å². The van der Waals surface area contributed by atoms with Crippen molar-refractivity contribution in [3.05, 3.63) is 71.7 Å². The van der Waals surface area contributed by atoms with Gasteiger partial charge in [-0.25, -0.2) is 9.37 Å². The van der Waals surface area contributed by atoms with Crippen LogP contribution in [-0.4, -0.2) is 34.8 Å². The van der Waals surface area contributed by atoms with Crippen molar-refractivity contribution in [2.75, 3.05) is 18.4 Å². The highest BCUT2D eigenvalue weighted by molar-refractivity contribution is 6.10. The summed E-state index contributed by atoms with van der Waals surface area (Å²) < 4.78 is 53.8. The van der Waals surface area contributed by atoms with Gasteiger partial charge in [-0.3, -0.25) is 14.7 Å². The quantitative estimate of drug-likeness (QED) is 0.650. The summed E-state index contributed by atoms with van der Waals surface area (Å²) in [5.41, 5.74) is -1.23. The molecule has 0 fully saturated rings. The Morgan fingerprint density at radius 1 is 1.03 bits per heavy atom. The molecule has 1 N–H and O–H groups in total. The second kappa shape index (κ2) is 7.16. The van der Waals surface area contributed by atoms with E-state index in [2.05, 4.69) is 15.3 Å². The van der Waals surface area contributed by atoms with E-state index in [0.29, 0.717) is 5.52 Å². The number of guanidine groups is 1. The number of nitrogens with zero attached hydrogens (tertiary/aromatic N) is 3. The lowest BCUT2D eigenvalue weighted by Gasteiger charge is -2.21. The molecular formula is C20H14F4N4O. The number of carbonyl (C=O) groups is 1. The third kappa shape index (κ3) is 3.63. The van der Waals surface area contributed by atoms with Crippen molar-refractivity contribution in [1.82, 2.24) is 9.88 Å². The van der Waals surface area contributed by atoms with Crippen molar-refractivity contribution in [1.29, 1.82) is 0 Å². The summed E-state index contributed by atoms with van der Waals surface area (Å²) in [6.07, 6.45) is -4.77. The van der Waals surface area contributed by atoms with Crippen LogP contribution in [0.5, 0.6) is 0 Å². The maximum atomic E-state index is 14.1. The Bertz CT molecular complexity index is 1130. The third-order valence-electron chi connectivity index (χ3n) is 4.46. The number of anilines is 1. The van der Waals surface area contributed by atoms with E-state index >= 15 is 0 Å². The van der Waals surface area contributed by atoms with Gasteiger partial charge >= 0.3 is 6.18 Å². The van der Waals surface area contributed by atoms with Crippen LogP contribution < -0.4 is 5.32 Å². The summed E-state index contributed by atoms with van der Waals surface area (Å²) in [5, 5.41) is 3.20. The lowest BCUT2D eigenvalue weighted by molar-refractivity contribution is -0.137. The number of aliphatic imine (C=N–C) groups is 1. The average Bonchev–Trinajstić information content (AvgIpc) is 3.16. The minimum atomic E-state index is -4.77. The molecule has 0 radical (unpaired) electrons. The van der Waals surface area contributed by atoms with Gasteiger partial charge in [0.15, 0.2) is 0 Å². The molecule has 2 heterocycles. The Hall–Kier alpha value is -3.49. The van der Waals surface area contributed by atoms with Crippen LogP contribution in [0.1, 0.15) is 16.1 Å². The fourth-order valence-electron chi connectivity index (χ4n) is 3.07. The van der Waals surface area contributed by atoms with Gasteiger partial charge in [0.25, 0.3) is 5.91 Å². The standard InChI is InChI=1S/C20H14F4N4O/c21-14-6-3-5-13(20(22,23)24)17(14)27-19-25-10-11-28(19)18(29)16-9-8-12-4-1-2-7-15(12)26-16/h1-9H,10-11H2,(H,25,27). The van der Waals surface area contributed by atoms with E-state index in [1.807, 2.05) is 12.1 Å². The van der Waals surface area contributed by atoms with Gasteiger partial charge in [-0.15, -0.1) is 0 Å². The summed E-state index contributed by atoms with van der Waals surface area (Å²) in [6.45, 7) is 0.322. The Balaban J connectivity index is 1.64. The van der Waals surface area contributed by atoms with E-state index < -0.39 is 29.2 Å². The van der Waals surface area contributed by atoms with Crippen molar-refractivity contribution in [2.24, 2.45) is 4.99 Å². The normalized spacial score (nSPS) is 14.2. The molecular weight excluding hydrogens is 388 g/mol. The molecule has 0 saturated carbocycles. The summed E-state index contributed by atoms with van der Waals surface area (Å²) in [7, 11) is 0. The van der Waals surface area contributed by atoms with Crippen molar-refractivity contribution in [3.8, 4) is 0 Å².